The SMILES string of the molecule is CC(C)N(CCCO)Cc1nc(-c2cccc(Cl)c2)no1. The van der Waals surface area contributed by atoms with Gasteiger partial charge >= 0.3 is 0 Å². The van der Waals surface area contributed by atoms with E-state index < -0.39 is 0 Å². The van der Waals surface area contributed by atoms with Gasteiger partial charge in [0.1, 0.15) is 0 Å². The van der Waals surface area contributed by atoms with Crippen molar-refractivity contribution in [2.45, 2.75) is 32.9 Å². The molecule has 1 aromatic carbocycles. The van der Waals surface area contributed by atoms with Crippen molar-refractivity contribution >= 4 is 11.6 Å². The molecule has 6 heteroatoms. The molecule has 0 saturated heterocycles. The molecular weight excluding hydrogens is 290 g/mol. The lowest BCUT2D eigenvalue weighted by molar-refractivity contribution is 0.165. The van der Waals surface area contributed by atoms with Crippen LogP contribution >= 0.6 is 11.6 Å². The maximum absolute atomic E-state index is 8.95. The summed E-state index contributed by atoms with van der Waals surface area (Å²) in [5.41, 5.74) is 0.837. The quantitative estimate of drug-likeness (QED) is 0.852. The van der Waals surface area contributed by atoms with Crippen molar-refractivity contribution in [2.75, 3.05) is 13.2 Å². The Kier molecular flexibility index (Phi) is 5.73. The van der Waals surface area contributed by atoms with E-state index in [1.165, 1.54) is 0 Å². The molecule has 0 unspecified atom stereocenters. The summed E-state index contributed by atoms with van der Waals surface area (Å²) in [6.45, 7) is 5.76. The molecule has 21 heavy (non-hydrogen) atoms. The lowest BCUT2D eigenvalue weighted by Gasteiger charge is -2.24. The Morgan fingerprint density at radius 3 is 2.86 bits per heavy atom. The van der Waals surface area contributed by atoms with Gasteiger partial charge in [0.05, 0.1) is 6.54 Å². The third-order valence-electron chi connectivity index (χ3n) is 3.22. The highest BCUT2D eigenvalue weighted by Gasteiger charge is 2.15. The number of hydrogen-bond donors (Lipinski definition) is 1. The fraction of sp³-hybridized carbons (Fsp3) is 0.467. The largest absolute Gasteiger partial charge is 0.396 e. The summed E-state index contributed by atoms with van der Waals surface area (Å²) in [6, 6.07) is 7.71. The maximum Gasteiger partial charge on any atom is 0.241 e. The maximum atomic E-state index is 8.95. The normalized spacial score (nSPS) is 11.5. The first-order valence-electron chi connectivity index (χ1n) is 7.03. The number of benzene rings is 1. The first-order valence-corrected chi connectivity index (χ1v) is 7.41. The number of aromatic nitrogens is 2. The first-order chi connectivity index (χ1) is 10.1. The smallest absolute Gasteiger partial charge is 0.241 e. The third kappa shape index (κ3) is 4.52. The average Bonchev–Trinajstić information content (AvgIpc) is 2.91. The predicted molar refractivity (Wildman–Crippen MR) is 82.0 cm³/mol. The zero-order valence-corrected chi connectivity index (χ0v) is 13.0. The van der Waals surface area contributed by atoms with E-state index in [0.29, 0.717) is 29.3 Å². The monoisotopic (exact) mass is 309 g/mol. The summed E-state index contributed by atoms with van der Waals surface area (Å²) in [6.07, 6.45) is 0.730. The Morgan fingerprint density at radius 1 is 1.38 bits per heavy atom. The van der Waals surface area contributed by atoms with Gasteiger partial charge in [-0.15, -0.1) is 0 Å². The second-order valence-corrected chi connectivity index (χ2v) is 5.60. The zero-order chi connectivity index (χ0) is 15.2. The van der Waals surface area contributed by atoms with E-state index in [9.17, 15) is 0 Å². The van der Waals surface area contributed by atoms with E-state index in [0.717, 1.165) is 18.5 Å². The molecule has 0 amide bonds. The van der Waals surface area contributed by atoms with Crippen LogP contribution in [0.4, 0.5) is 0 Å². The van der Waals surface area contributed by atoms with Crippen LogP contribution in [0.1, 0.15) is 26.2 Å². The average molecular weight is 310 g/mol. The van der Waals surface area contributed by atoms with Crippen molar-refractivity contribution in [2.24, 2.45) is 0 Å². The minimum absolute atomic E-state index is 0.181. The van der Waals surface area contributed by atoms with Crippen LogP contribution in [0, 0.1) is 0 Å². The van der Waals surface area contributed by atoms with E-state index in [1.54, 1.807) is 6.07 Å². The van der Waals surface area contributed by atoms with Crippen LogP contribution in [0.3, 0.4) is 0 Å². The summed E-state index contributed by atoms with van der Waals surface area (Å²) in [7, 11) is 0. The Labute approximate surface area is 129 Å². The van der Waals surface area contributed by atoms with Crippen LogP contribution in [0.2, 0.25) is 5.02 Å². The van der Waals surface area contributed by atoms with E-state index in [4.69, 9.17) is 21.2 Å². The van der Waals surface area contributed by atoms with Gasteiger partial charge in [-0.25, -0.2) is 0 Å². The predicted octanol–water partition coefficient (Wildman–Crippen LogP) is 2.98. The Balaban J connectivity index is 2.08. The van der Waals surface area contributed by atoms with Crippen molar-refractivity contribution < 1.29 is 9.63 Å². The molecule has 0 aliphatic heterocycles. The molecule has 114 valence electrons. The molecule has 0 bridgehead atoms. The van der Waals surface area contributed by atoms with Crippen molar-refractivity contribution in [1.82, 2.24) is 15.0 Å². The molecule has 0 atom stereocenters. The van der Waals surface area contributed by atoms with Gasteiger partial charge in [0.25, 0.3) is 0 Å². The van der Waals surface area contributed by atoms with Gasteiger partial charge in [-0.1, -0.05) is 28.9 Å². The van der Waals surface area contributed by atoms with Crippen molar-refractivity contribution in [3.8, 4) is 11.4 Å². The van der Waals surface area contributed by atoms with Gasteiger partial charge in [-0.3, -0.25) is 4.90 Å². The molecule has 0 radical (unpaired) electrons. The Bertz CT molecular complexity index is 572. The molecule has 1 N–H and O–H groups in total. The van der Waals surface area contributed by atoms with E-state index in [2.05, 4.69) is 28.9 Å². The zero-order valence-electron chi connectivity index (χ0n) is 12.3. The van der Waals surface area contributed by atoms with Gasteiger partial charge in [-0.05, 0) is 32.4 Å². The lowest BCUT2D eigenvalue weighted by atomic mass is 10.2. The molecule has 0 spiro atoms. The topological polar surface area (TPSA) is 62.4 Å². The van der Waals surface area contributed by atoms with Crippen LogP contribution in [-0.2, 0) is 6.54 Å². The number of aliphatic hydroxyl groups excluding tert-OH is 1. The highest BCUT2D eigenvalue weighted by atomic mass is 35.5. The molecule has 0 fully saturated rings. The van der Waals surface area contributed by atoms with Gasteiger partial charge < -0.3 is 9.63 Å². The third-order valence-corrected chi connectivity index (χ3v) is 3.46. The van der Waals surface area contributed by atoms with Crippen LogP contribution in [-0.4, -0.2) is 39.3 Å². The van der Waals surface area contributed by atoms with Crippen LogP contribution in [0.15, 0.2) is 28.8 Å². The van der Waals surface area contributed by atoms with Gasteiger partial charge in [-0.2, -0.15) is 4.98 Å². The van der Waals surface area contributed by atoms with Gasteiger partial charge in [0.2, 0.25) is 11.7 Å². The minimum atomic E-state index is 0.181. The number of nitrogens with zero attached hydrogens (tertiary/aromatic N) is 3. The standard InChI is InChI=1S/C15H20ClN3O2/c1-11(2)19(7-4-8-20)10-14-17-15(18-21-14)12-5-3-6-13(16)9-12/h3,5-6,9,11,20H,4,7-8,10H2,1-2H3. The second kappa shape index (κ2) is 7.54. The minimum Gasteiger partial charge on any atom is -0.396 e. The number of hydrogen-bond acceptors (Lipinski definition) is 5. The number of aliphatic hydroxyl groups is 1. The fourth-order valence-corrected chi connectivity index (χ4v) is 2.22. The summed E-state index contributed by atoms with van der Waals surface area (Å²) >= 11 is 5.97. The van der Waals surface area contributed by atoms with E-state index >= 15 is 0 Å². The van der Waals surface area contributed by atoms with E-state index in [1.807, 2.05) is 18.2 Å². The van der Waals surface area contributed by atoms with Gasteiger partial charge in [0.15, 0.2) is 0 Å². The van der Waals surface area contributed by atoms with Crippen molar-refractivity contribution in [1.29, 1.82) is 0 Å². The van der Waals surface area contributed by atoms with E-state index in [-0.39, 0.29) is 6.61 Å². The fourth-order valence-electron chi connectivity index (χ4n) is 2.03. The van der Waals surface area contributed by atoms with Crippen LogP contribution in [0.5, 0.6) is 0 Å². The van der Waals surface area contributed by atoms with Crippen LogP contribution < -0.4 is 0 Å². The molecule has 2 aromatic rings. The highest BCUT2D eigenvalue weighted by molar-refractivity contribution is 6.30. The molecule has 1 aromatic heterocycles. The summed E-state index contributed by atoms with van der Waals surface area (Å²) in [5, 5.41) is 13.6. The summed E-state index contributed by atoms with van der Waals surface area (Å²) < 4.78 is 5.31. The lowest BCUT2D eigenvalue weighted by Crippen LogP contribution is -2.31. The van der Waals surface area contributed by atoms with Crippen molar-refractivity contribution in [3.63, 3.8) is 0 Å². The van der Waals surface area contributed by atoms with Gasteiger partial charge in [0, 0.05) is 29.8 Å². The first kappa shape index (κ1) is 15.9. The molecule has 0 saturated carbocycles. The van der Waals surface area contributed by atoms with Crippen molar-refractivity contribution in [3.05, 3.63) is 35.2 Å². The number of halogens is 1. The molecule has 0 aliphatic carbocycles. The second-order valence-electron chi connectivity index (χ2n) is 5.16. The molecule has 5 nitrogen and oxygen atoms in total. The van der Waals surface area contributed by atoms with Crippen LogP contribution in [0.25, 0.3) is 11.4 Å². The summed E-state index contributed by atoms with van der Waals surface area (Å²) in [5.74, 6) is 1.11. The molecular formula is C15H20ClN3O2. The summed E-state index contributed by atoms with van der Waals surface area (Å²) in [4.78, 5) is 6.60. The Morgan fingerprint density at radius 2 is 2.19 bits per heavy atom. The molecule has 1 heterocycles. The highest BCUT2D eigenvalue weighted by Crippen LogP contribution is 2.20. The molecule has 0 aliphatic rings. The Hall–Kier alpha value is -1.43. The molecule has 2 rings (SSSR count). The number of rotatable bonds is 7.